The molecule has 1 saturated heterocycles. The highest BCUT2D eigenvalue weighted by molar-refractivity contribution is 5.80. The van der Waals surface area contributed by atoms with Crippen molar-refractivity contribution >= 4 is 5.91 Å². The molecule has 0 aromatic carbocycles. The van der Waals surface area contributed by atoms with Crippen LogP contribution in [-0.4, -0.2) is 29.9 Å². The zero-order chi connectivity index (χ0) is 11.6. The minimum Gasteiger partial charge on any atom is -0.293 e. The van der Waals surface area contributed by atoms with E-state index in [1.807, 2.05) is 6.92 Å². The van der Waals surface area contributed by atoms with E-state index in [1.54, 1.807) is 0 Å². The Morgan fingerprint density at radius 1 is 1.53 bits per heavy atom. The summed E-state index contributed by atoms with van der Waals surface area (Å²) in [7, 11) is 0. The molecule has 1 fully saturated rings. The van der Waals surface area contributed by atoms with Gasteiger partial charge >= 0.3 is 0 Å². The zero-order valence-corrected chi connectivity index (χ0v) is 10.2. The van der Waals surface area contributed by atoms with Crippen LogP contribution in [0.5, 0.6) is 0 Å². The minimum atomic E-state index is -0.109. The maximum absolute atomic E-state index is 11.4. The highest BCUT2D eigenvalue weighted by Crippen LogP contribution is 2.34. The Morgan fingerprint density at radius 3 is 2.53 bits per heavy atom. The maximum atomic E-state index is 11.4. The fourth-order valence-electron chi connectivity index (χ4n) is 2.13. The SMILES string of the molecule is CC(C(=O)NN)N1CCC(C(C)(C)C)C1. The molecule has 15 heavy (non-hydrogen) atoms. The Hall–Kier alpha value is -0.610. The molecule has 0 aromatic rings. The molecule has 4 heteroatoms. The van der Waals surface area contributed by atoms with E-state index in [1.165, 1.54) is 6.42 Å². The van der Waals surface area contributed by atoms with Gasteiger partial charge in [0.05, 0.1) is 6.04 Å². The average Bonchev–Trinajstić information content (AvgIpc) is 2.63. The van der Waals surface area contributed by atoms with Crippen molar-refractivity contribution in [2.75, 3.05) is 13.1 Å². The Kier molecular flexibility index (Phi) is 3.73. The normalized spacial score (nSPS) is 25.3. The van der Waals surface area contributed by atoms with Crippen LogP contribution in [0.3, 0.4) is 0 Å². The number of hydrogen-bond donors (Lipinski definition) is 2. The van der Waals surface area contributed by atoms with Gasteiger partial charge in [-0.3, -0.25) is 15.1 Å². The summed E-state index contributed by atoms with van der Waals surface area (Å²) in [6, 6.07) is -0.109. The Balaban J connectivity index is 2.53. The lowest BCUT2D eigenvalue weighted by Crippen LogP contribution is -2.46. The van der Waals surface area contributed by atoms with Crippen molar-refractivity contribution in [3.05, 3.63) is 0 Å². The standard InChI is InChI=1S/C11H23N3O/c1-8(10(15)13-12)14-6-5-9(7-14)11(2,3)4/h8-9H,5-7,12H2,1-4H3,(H,13,15). The molecule has 1 rings (SSSR count). The third kappa shape index (κ3) is 2.92. The molecule has 1 aliphatic rings. The Morgan fingerprint density at radius 2 is 2.13 bits per heavy atom. The van der Waals surface area contributed by atoms with Crippen LogP contribution in [-0.2, 0) is 4.79 Å². The molecule has 2 atom stereocenters. The van der Waals surface area contributed by atoms with E-state index in [0.29, 0.717) is 11.3 Å². The second-order valence-electron chi connectivity index (χ2n) is 5.53. The van der Waals surface area contributed by atoms with Crippen LogP contribution in [0, 0.1) is 11.3 Å². The van der Waals surface area contributed by atoms with Crippen molar-refractivity contribution < 1.29 is 4.79 Å². The van der Waals surface area contributed by atoms with Crippen molar-refractivity contribution in [1.29, 1.82) is 0 Å². The number of carbonyl (C=O) groups excluding carboxylic acids is 1. The monoisotopic (exact) mass is 213 g/mol. The first-order valence-corrected chi connectivity index (χ1v) is 5.60. The second kappa shape index (κ2) is 4.49. The predicted molar refractivity (Wildman–Crippen MR) is 60.9 cm³/mol. The van der Waals surface area contributed by atoms with Crippen LogP contribution in [0.15, 0.2) is 0 Å². The quantitative estimate of drug-likeness (QED) is 0.404. The molecule has 3 N–H and O–H groups in total. The summed E-state index contributed by atoms with van der Waals surface area (Å²) in [6.07, 6.45) is 1.17. The molecule has 0 aromatic heterocycles. The van der Waals surface area contributed by atoms with Gasteiger partial charge in [0.25, 0.3) is 5.91 Å². The van der Waals surface area contributed by atoms with Gasteiger partial charge in [-0.15, -0.1) is 0 Å². The summed E-state index contributed by atoms with van der Waals surface area (Å²) in [6.45, 7) is 10.7. The highest BCUT2D eigenvalue weighted by Gasteiger charge is 2.35. The van der Waals surface area contributed by atoms with Crippen LogP contribution in [0.25, 0.3) is 0 Å². The molecular weight excluding hydrogens is 190 g/mol. The number of amides is 1. The Labute approximate surface area is 92.2 Å². The van der Waals surface area contributed by atoms with Crippen molar-refractivity contribution in [3.8, 4) is 0 Å². The van der Waals surface area contributed by atoms with Gasteiger partial charge in [-0.05, 0) is 31.2 Å². The summed E-state index contributed by atoms with van der Waals surface area (Å²) in [5, 5.41) is 0. The summed E-state index contributed by atoms with van der Waals surface area (Å²) in [5.74, 6) is 5.71. The van der Waals surface area contributed by atoms with E-state index in [4.69, 9.17) is 5.84 Å². The van der Waals surface area contributed by atoms with E-state index >= 15 is 0 Å². The van der Waals surface area contributed by atoms with E-state index in [0.717, 1.165) is 13.1 Å². The minimum absolute atomic E-state index is 0.0930. The molecule has 4 nitrogen and oxygen atoms in total. The van der Waals surface area contributed by atoms with Gasteiger partial charge in [0.15, 0.2) is 0 Å². The third-order valence-corrected chi connectivity index (χ3v) is 3.51. The zero-order valence-electron chi connectivity index (χ0n) is 10.2. The number of carbonyl (C=O) groups is 1. The third-order valence-electron chi connectivity index (χ3n) is 3.51. The summed E-state index contributed by atoms with van der Waals surface area (Å²) >= 11 is 0. The number of likely N-dealkylation sites (tertiary alicyclic amines) is 1. The molecule has 0 saturated carbocycles. The van der Waals surface area contributed by atoms with Gasteiger partial charge in [-0.25, -0.2) is 5.84 Å². The van der Waals surface area contributed by atoms with Crippen LogP contribution < -0.4 is 11.3 Å². The molecule has 2 unspecified atom stereocenters. The van der Waals surface area contributed by atoms with Crippen LogP contribution in [0.2, 0.25) is 0 Å². The average molecular weight is 213 g/mol. The van der Waals surface area contributed by atoms with E-state index in [2.05, 4.69) is 31.1 Å². The number of hydrogen-bond acceptors (Lipinski definition) is 3. The van der Waals surface area contributed by atoms with Crippen LogP contribution in [0.1, 0.15) is 34.1 Å². The molecule has 0 bridgehead atoms. The summed E-state index contributed by atoms with van der Waals surface area (Å²) < 4.78 is 0. The molecule has 0 spiro atoms. The number of nitrogens with one attached hydrogen (secondary N) is 1. The largest absolute Gasteiger partial charge is 0.293 e. The number of rotatable bonds is 2. The highest BCUT2D eigenvalue weighted by atomic mass is 16.2. The molecule has 1 amide bonds. The maximum Gasteiger partial charge on any atom is 0.250 e. The number of nitrogens with two attached hydrogens (primary N) is 1. The molecule has 88 valence electrons. The van der Waals surface area contributed by atoms with Gasteiger partial charge in [0, 0.05) is 6.54 Å². The molecule has 1 heterocycles. The lowest BCUT2D eigenvalue weighted by Gasteiger charge is -2.28. The topological polar surface area (TPSA) is 58.4 Å². The van der Waals surface area contributed by atoms with Crippen molar-refractivity contribution in [2.45, 2.75) is 40.2 Å². The van der Waals surface area contributed by atoms with Crippen molar-refractivity contribution in [3.63, 3.8) is 0 Å². The Bertz CT molecular complexity index is 234. The van der Waals surface area contributed by atoms with Crippen LogP contribution >= 0.6 is 0 Å². The molecule has 0 radical (unpaired) electrons. The van der Waals surface area contributed by atoms with Gasteiger partial charge in [0.1, 0.15) is 0 Å². The van der Waals surface area contributed by atoms with Crippen molar-refractivity contribution in [1.82, 2.24) is 10.3 Å². The fourth-order valence-corrected chi connectivity index (χ4v) is 2.13. The second-order valence-corrected chi connectivity index (χ2v) is 5.53. The van der Waals surface area contributed by atoms with E-state index in [9.17, 15) is 4.79 Å². The van der Waals surface area contributed by atoms with E-state index < -0.39 is 0 Å². The van der Waals surface area contributed by atoms with Gasteiger partial charge in [-0.1, -0.05) is 20.8 Å². The first-order chi connectivity index (χ1) is 6.86. The van der Waals surface area contributed by atoms with E-state index in [-0.39, 0.29) is 11.9 Å². The summed E-state index contributed by atoms with van der Waals surface area (Å²) in [4.78, 5) is 13.6. The smallest absolute Gasteiger partial charge is 0.250 e. The van der Waals surface area contributed by atoms with Gasteiger partial charge in [0.2, 0.25) is 0 Å². The molecule has 1 aliphatic heterocycles. The van der Waals surface area contributed by atoms with Crippen molar-refractivity contribution in [2.24, 2.45) is 17.2 Å². The number of hydrazine groups is 1. The lowest BCUT2D eigenvalue weighted by molar-refractivity contribution is -0.125. The fraction of sp³-hybridized carbons (Fsp3) is 0.909. The predicted octanol–water partition coefficient (Wildman–Crippen LogP) is 0.733. The number of nitrogens with zero attached hydrogens (tertiary/aromatic N) is 1. The van der Waals surface area contributed by atoms with Gasteiger partial charge < -0.3 is 0 Å². The van der Waals surface area contributed by atoms with Gasteiger partial charge in [-0.2, -0.15) is 0 Å². The first kappa shape index (κ1) is 12.5. The molecule has 0 aliphatic carbocycles. The summed E-state index contributed by atoms with van der Waals surface area (Å²) in [5.41, 5.74) is 2.54. The van der Waals surface area contributed by atoms with Crippen LogP contribution in [0.4, 0.5) is 0 Å². The first-order valence-electron chi connectivity index (χ1n) is 5.60. The molecular formula is C11H23N3O. The lowest BCUT2D eigenvalue weighted by atomic mass is 9.80.